The molecule has 9 rings (SSSR count). The molecule has 3 aromatic carbocycles. The summed E-state index contributed by atoms with van der Waals surface area (Å²) >= 11 is 8.70. The highest BCUT2D eigenvalue weighted by Gasteiger charge is 2.49. The zero-order valence-corrected chi connectivity index (χ0v) is 32.7. The molecule has 0 saturated carbocycles. The number of rotatable bonds is 8. The Labute approximate surface area is 324 Å². The van der Waals surface area contributed by atoms with Gasteiger partial charge in [-0.05, 0) is 92.8 Å². The number of aryl methyl sites for hydroxylation is 1. The Morgan fingerprint density at radius 1 is 1.02 bits per heavy atom. The Hall–Kier alpha value is -3.39. The largest absolute Gasteiger partial charge is 0.461 e. The maximum Gasteiger partial charge on any atom is 0.339 e. The first-order chi connectivity index (χ1) is 26.0. The fourth-order valence-corrected chi connectivity index (χ4v) is 12.2. The molecule has 14 heteroatoms. The lowest BCUT2D eigenvalue weighted by molar-refractivity contribution is 0.107. The van der Waals surface area contributed by atoms with Crippen LogP contribution in [0.1, 0.15) is 55.3 Å². The first-order valence-corrected chi connectivity index (χ1v) is 21.9. The van der Waals surface area contributed by atoms with E-state index in [0.29, 0.717) is 55.5 Å². The number of hydrogen-bond donors (Lipinski definition) is 0. The van der Waals surface area contributed by atoms with Crippen molar-refractivity contribution in [3.63, 3.8) is 0 Å². The summed E-state index contributed by atoms with van der Waals surface area (Å²) in [5.41, 5.74) is 3.23. The zero-order chi connectivity index (χ0) is 37.2. The van der Waals surface area contributed by atoms with Gasteiger partial charge in [-0.15, -0.1) is 0 Å². The third-order valence-corrected chi connectivity index (χ3v) is 15.2. The smallest absolute Gasteiger partial charge is 0.339 e. The molecule has 4 fully saturated rings. The fraction of sp³-hybridized carbons (Fsp3) is 0.500. The number of nitrogens with zero attached hydrogens (tertiary/aromatic N) is 5. The molecular weight excluding hydrogens is 752 g/mol. The molecule has 1 unspecified atom stereocenters. The molecule has 3 atom stereocenters. The van der Waals surface area contributed by atoms with Gasteiger partial charge < -0.3 is 18.7 Å². The minimum Gasteiger partial charge on any atom is -0.461 e. The molecule has 6 heterocycles. The summed E-state index contributed by atoms with van der Waals surface area (Å²) in [4.78, 5) is 16.9. The van der Waals surface area contributed by atoms with E-state index in [9.17, 15) is 12.8 Å². The molecule has 286 valence electrons. The second kappa shape index (κ2) is 14.0. The quantitative estimate of drug-likeness (QED) is 0.165. The van der Waals surface area contributed by atoms with E-state index >= 15 is 4.39 Å². The van der Waals surface area contributed by atoms with Crippen molar-refractivity contribution in [2.45, 2.75) is 75.0 Å². The number of benzene rings is 3. The van der Waals surface area contributed by atoms with Gasteiger partial charge in [-0.3, -0.25) is 4.90 Å². The fourth-order valence-electron chi connectivity index (χ4n) is 9.45. The summed E-state index contributed by atoms with van der Waals surface area (Å²) in [5.74, 6) is 2.75. The van der Waals surface area contributed by atoms with Crippen molar-refractivity contribution in [2.24, 2.45) is 5.41 Å². The molecule has 0 bridgehead atoms. The number of ether oxygens (including phenoxy) is 1. The maximum absolute atomic E-state index is 15.1. The van der Waals surface area contributed by atoms with Gasteiger partial charge in [0.1, 0.15) is 35.1 Å². The highest BCUT2D eigenvalue weighted by atomic mass is 35.5. The lowest BCUT2D eigenvalue weighted by atomic mass is 9.79. The van der Waals surface area contributed by atoms with E-state index in [4.69, 9.17) is 30.5 Å². The number of hydrogen-bond acceptors (Lipinski definition) is 10. The van der Waals surface area contributed by atoms with Crippen molar-refractivity contribution in [1.82, 2.24) is 14.9 Å². The molecule has 0 aliphatic carbocycles. The second-order valence-electron chi connectivity index (χ2n) is 15.9. The Morgan fingerprint density at radius 2 is 1.85 bits per heavy atom. The van der Waals surface area contributed by atoms with Gasteiger partial charge in [0, 0.05) is 55.4 Å². The summed E-state index contributed by atoms with van der Waals surface area (Å²) in [6.45, 7) is 6.21. The monoisotopic (exact) mass is 795 g/mol. The van der Waals surface area contributed by atoms with Crippen LogP contribution in [-0.4, -0.2) is 85.8 Å². The number of halogens is 3. The Bertz CT molecular complexity index is 2210. The summed E-state index contributed by atoms with van der Waals surface area (Å²) in [7, 11) is -4.17. The molecule has 0 radical (unpaired) electrons. The second-order valence-corrected chi connectivity index (χ2v) is 18.9. The molecule has 4 aromatic rings. The van der Waals surface area contributed by atoms with Crippen LogP contribution in [-0.2, 0) is 23.1 Å². The highest BCUT2D eigenvalue weighted by Crippen LogP contribution is 2.46. The molecular formula is C40H44ClF2N5O4S2. The Kier molecular flexibility index (Phi) is 9.38. The minimum atomic E-state index is -4.17. The van der Waals surface area contributed by atoms with Gasteiger partial charge in [0.25, 0.3) is 0 Å². The van der Waals surface area contributed by atoms with Gasteiger partial charge in [-0.25, -0.2) is 8.78 Å². The predicted octanol–water partition coefficient (Wildman–Crippen LogP) is 7.74. The van der Waals surface area contributed by atoms with Gasteiger partial charge in [0.15, 0.2) is 0 Å². The van der Waals surface area contributed by atoms with Gasteiger partial charge in [-0.2, -0.15) is 30.1 Å². The molecule has 9 nitrogen and oxygen atoms in total. The van der Waals surface area contributed by atoms with E-state index in [0.717, 1.165) is 67.3 Å². The van der Waals surface area contributed by atoms with Crippen LogP contribution in [0.25, 0.3) is 10.8 Å². The lowest BCUT2D eigenvalue weighted by Gasteiger charge is -2.42. The zero-order valence-electron chi connectivity index (χ0n) is 30.3. The van der Waals surface area contributed by atoms with Gasteiger partial charge in [-0.1, -0.05) is 35.4 Å². The van der Waals surface area contributed by atoms with Crippen LogP contribution in [0.2, 0.25) is 5.02 Å². The number of fused-ring (bicyclic) bond motifs is 3. The first-order valence-electron chi connectivity index (χ1n) is 18.9. The number of aromatic nitrogens is 2. The van der Waals surface area contributed by atoms with Crippen molar-refractivity contribution in [3.05, 3.63) is 76.2 Å². The van der Waals surface area contributed by atoms with Gasteiger partial charge >= 0.3 is 16.1 Å². The van der Waals surface area contributed by atoms with Crippen LogP contribution >= 0.6 is 23.4 Å². The van der Waals surface area contributed by atoms with Gasteiger partial charge in [0.05, 0.1) is 28.5 Å². The van der Waals surface area contributed by atoms with Crippen LogP contribution in [0.5, 0.6) is 11.8 Å². The van der Waals surface area contributed by atoms with Gasteiger partial charge in [0.2, 0.25) is 0 Å². The van der Waals surface area contributed by atoms with Crippen LogP contribution in [0.3, 0.4) is 0 Å². The summed E-state index contributed by atoms with van der Waals surface area (Å²) < 4.78 is 68.7. The first kappa shape index (κ1) is 36.3. The predicted molar refractivity (Wildman–Crippen MR) is 209 cm³/mol. The minimum absolute atomic E-state index is 0.0335. The summed E-state index contributed by atoms with van der Waals surface area (Å²) in [5, 5.41) is 0.956. The summed E-state index contributed by atoms with van der Waals surface area (Å²) in [6, 6.07) is 12.8. The van der Waals surface area contributed by atoms with Crippen LogP contribution in [0.15, 0.2) is 53.4 Å². The van der Waals surface area contributed by atoms with Crippen LogP contribution < -0.4 is 18.7 Å². The molecule has 0 N–H and O–H groups in total. The van der Waals surface area contributed by atoms with Crippen LogP contribution in [0.4, 0.5) is 20.3 Å². The van der Waals surface area contributed by atoms with Crippen molar-refractivity contribution in [2.75, 3.05) is 60.6 Å². The third kappa shape index (κ3) is 6.66. The Balaban J connectivity index is 1.09. The van der Waals surface area contributed by atoms with Crippen molar-refractivity contribution < 1.29 is 26.1 Å². The van der Waals surface area contributed by atoms with E-state index in [1.807, 2.05) is 18.7 Å². The maximum atomic E-state index is 15.1. The van der Waals surface area contributed by atoms with E-state index in [2.05, 4.69) is 14.7 Å². The topological polar surface area (TPSA) is 88.1 Å². The van der Waals surface area contributed by atoms with Crippen molar-refractivity contribution in [1.29, 1.82) is 0 Å². The number of thioether (sulfide) groups is 1. The van der Waals surface area contributed by atoms with Crippen molar-refractivity contribution in [3.8, 4) is 11.8 Å². The normalized spacial score (nSPS) is 25.7. The molecule has 1 aromatic heterocycles. The molecule has 5 aliphatic heterocycles. The lowest BCUT2D eigenvalue weighted by Crippen LogP contribution is -2.45. The number of anilines is 2. The number of piperidine rings is 1. The average Bonchev–Trinajstić information content (AvgIpc) is 3.85. The van der Waals surface area contributed by atoms with E-state index in [1.165, 1.54) is 36.8 Å². The number of alkyl halides is 1. The Morgan fingerprint density at radius 3 is 2.67 bits per heavy atom. The molecule has 5 aliphatic rings. The summed E-state index contributed by atoms with van der Waals surface area (Å²) in [6.07, 6.45) is 5.59. The van der Waals surface area contributed by atoms with Crippen LogP contribution in [0, 0.1) is 18.2 Å². The molecule has 0 amide bonds. The van der Waals surface area contributed by atoms with E-state index < -0.39 is 22.1 Å². The standard InChI is InChI=1S/C40H44ClF2N5O4S2/c1-26-4-7-30(8-5-26)54(49,50)52-29-18-27-6-9-32(43)36(41)35(27)34(19-29)46-16-10-31-33(22-46)44-38(51-24-40-12-3-15-48(40)21-28(42)20-40)45-37(31)47-14-2-11-39(23-47)13-17-53-25-39/h4-9,18-19,28H,2-3,10-17,20-25H2,1H3/t28-,39?,40+/m1/s1. The average molecular weight is 796 g/mol. The van der Waals surface area contributed by atoms with E-state index in [-0.39, 0.29) is 32.6 Å². The molecule has 4 saturated heterocycles. The third-order valence-electron chi connectivity index (χ3n) is 12.2. The van der Waals surface area contributed by atoms with E-state index in [1.54, 1.807) is 30.3 Å². The molecule has 1 spiro atoms. The SMILES string of the molecule is Cc1ccc(S(=O)(=O)Oc2cc(N3CCc4c(nc(OC[C@@]56CCCN5C[C@H](F)C6)nc4N4CCCC5(CCSC5)C4)C3)c3c(Cl)c(F)ccc3c2)cc1. The highest BCUT2D eigenvalue weighted by molar-refractivity contribution is 7.99. The van der Waals surface area contributed by atoms with Crippen molar-refractivity contribution >= 4 is 55.8 Å². The molecule has 54 heavy (non-hydrogen) atoms.